The minimum atomic E-state index is -0.795. The Morgan fingerprint density at radius 1 is 1.03 bits per heavy atom. The summed E-state index contributed by atoms with van der Waals surface area (Å²) in [7, 11) is 0. The maximum atomic E-state index is 12.4. The summed E-state index contributed by atoms with van der Waals surface area (Å²) in [6.07, 6.45) is 11.5. The fourth-order valence-electron chi connectivity index (χ4n) is 9.58. The highest BCUT2D eigenvalue weighted by molar-refractivity contribution is 5.28. The molecule has 3 saturated carbocycles. The molecule has 0 radical (unpaired) electrons. The molecule has 2 saturated heterocycles. The zero-order valence-electron chi connectivity index (χ0n) is 19.9. The van der Waals surface area contributed by atoms with E-state index in [9.17, 15) is 10.2 Å². The van der Waals surface area contributed by atoms with Crippen molar-refractivity contribution in [2.45, 2.75) is 109 Å². The van der Waals surface area contributed by atoms with Crippen LogP contribution in [0.1, 0.15) is 85.5 Å². The van der Waals surface area contributed by atoms with E-state index in [0.29, 0.717) is 23.7 Å². The number of aliphatic hydroxyl groups is 2. The molecule has 4 aliphatic carbocycles. The van der Waals surface area contributed by atoms with E-state index < -0.39 is 11.4 Å². The van der Waals surface area contributed by atoms with Crippen molar-refractivity contribution < 1.29 is 19.7 Å². The molecule has 0 amide bonds. The summed E-state index contributed by atoms with van der Waals surface area (Å²) in [5.41, 5.74) is 0.849. The third-order valence-corrected chi connectivity index (χ3v) is 11.6. The highest BCUT2D eigenvalue weighted by atomic mass is 16.7. The average Bonchev–Trinajstić information content (AvgIpc) is 3.09. The van der Waals surface area contributed by atoms with Gasteiger partial charge in [0.15, 0.2) is 5.79 Å². The Bertz CT molecular complexity index is 784. The predicted molar refractivity (Wildman–Crippen MR) is 119 cm³/mol. The molecule has 4 nitrogen and oxygen atoms in total. The fourth-order valence-corrected chi connectivity index (χ4v) is 9.58. The SMILES string of the molecule is C[C@@H]1CC[C@@]2(OC1)O[C@H]1C[C@H]3[C@@H]4CC=C5C[C@@H](O)CC[C@]5(C)[C@H]4CC[C@]3(C)[C@]1(O)[C@@H]2C. The van der Waals surface area contributed by atoms with Crippen LogP contribution in [0.4, 0.5) is 0 Å². The van der Waals surface area contributed by atoms with Gasteiger partial charge in [-0.05, 0) is 80.5 Å². The van der Waals surface area contributed by atoms with Crippen LogP contribution < -0.4 is 0 Å². The zero-order chi connectivity index (χ0) is 21.8. The summed E-state index contributed by atoms with van der Waals surface area (Å²) in [6, 6.07) is 0. The average molecular weight is 431 g/mol. The molecule has 174 valence electrons. The molecule has 31 heavy (non-hydrogen) atoms. The van der Waals surface area contributed by atoms with E-state index in [4.69, 9.17) is 9.47 Å². The van der Waals surface area contributed by atoms with Gasteiger partial charge >= 0.3 is 0 Å². The van der Waals surface area contributed by atoms with E-state index >= 15 is 0 Å². The van der Waals surface area contributed by atoms with E-state index in [1.807, 2.05) is 0 Å². The lowest BCUT2D eigenvalue weighted by atomic mass is 9.46. The molecular weight excluding hydrogens is 388 g/mol. The number of hydrogen-bond donors (Lipinski definition) is 2. The van der Waals surface area contributed by atoms with Crippen LogP contribution in [0.25, 0.3) is 0 Å². The van der Waals surface area contributed by atoms with Crippen LogP contribution in [-0.4, -0.2) is 40.4 Å². The van der Waals surface area contributed by atoms with Gasteiger partial charge in [-0.3, -0.25) is 0 Å². The quantitative estimate of drug-likeness (QED) is 0.541. The highest BCUT2D eigenvalue weighted by Crippen LogP contribution is 2.72. The van der Waals surface area contributed by atoms with Gasteiger partial charge in [-0.25, -0.2) is 0 Å². The molecule has 2 N–H and O–H groups in total. The predicted octanol–water partition coefficient (Wildman–Crippen LogP) is 4.83. The standard InChI is InChI=1S/C27H42O4/c1-16-7-12-26(30-15-16)17(2)27(29)23(31-26)14-22-20-6-5-18-13-19(28)8-10-24(18,3)21(20)9-11-25(22,27)4/h5,16-17,19-23,28-29H,6-15H2,1-4H3/t16-,17-,19+,20-,21+,22+,23+,24+,25+,26-,27+/m1/s1. The maximum Gasteiger partial charge on any atom is 0.174 e. The summed E-state index contributed by atoms with van der Waals surface area (Å²) in [5, 5.41) is 22.7. The lowest BCUT2D eigenvalue weighted by Crippen LogP contribution is -2.59. The monoisotopic (exact) mass is 430 g/mol. The second kappa shape index (κ2) is 6.58. The van der Waals surface area contributed by atoms with Crippen molar-refractivity contribution in [2.24, 2.45) is 40.4 Å². The van der Waals surface area contributed by atoms with Gasteiger partial charge in [0.05, 0.1) is 18.8 Å². The van der Waals surface area contributed by atoms with Gasteiger partial charge in [-0.15, -0.1) is 0 Å². The minimum absolute atomic E-state index is 0.0131. The summed E-state index contributed by atoms with van der Waals surface area (Å²) in [6.45, 7) is 10.1. The van der Waals surface area contributed by atoms with Gasteiger partial charge in [-0.2, -0.15) is 0 Å². The number of rotatable bonds is 0. The smallest absolute Gasteiger partial charge is 0.174 e. The summed E-state index contributed by atoms with van der Waals surface area (Å²) in [5.74, 6) is 1.81. The Hall–Kier alpha value is -0.420. The van der Waals surface area contributed by atoms with Crippen molar-refractivity contribution in [3.8, 4) is 0 Å². The Morgan fingerprint density at radius 2 is 1.84 bits per heavy atom. The molecular formula is C27H42O4. The van der Waals surface area contributed by atoms with Crippen molar-refractivity contribution in [2.75, 3.05) is 6.61 Å². The Morgan fingerprint density at radius 3 is 2.58 bits per heavy atom. The molecule has 5 fully saturated rings. The number of ether oxygens (including phenoxy) is 2. The third kappa shape index (κ3) is 2.52. The van der Waals surface area contributed by atoms with Crippen LogP contribution in [0.2, 0.25) is 0 Å². The maximum absolute atomic E-state index is 12.4. The molecule has 1 spiro atoms. The lowest BCUT2D eigenvalue weighted by molar-refractivity contribution is -0.274. The number of aliphatic hydroxyl groups excluding tert-OH is 1. The molecule has 2 aliphatic heterocycles. The third-order valence-electron chi connectivity index (χ3n) is 11.6. The molecule has 6 aliphatic rings. The molecule has 0 bridgehead atoms. The highest BCUT2D eigenvalue weighted by Gasteiger charge is 2.76. The second-order valence-corrected chi connectivity index (χ2v) is 12.8. The van der Waals surface area contributed by atoms with E-state index in [1.165, 1.54) is 12.0 Å². The van der Waals surface area contributed by atoms with E-state index in [2.05, 4.69) is 33.8 Å². The molecule has 6 rings (SSSR count). The Balaban J connectivity index is 1.32. The molecule has 4 heteroatoms. The molecule has 0 unspecified atom stereocenters. The van der Waals surface area contributed by atoms with Gasteiger partial charge in [0.2, 0.25) is 0 Å². The number of allylic oxidation sites excluding steroid dienone is 1. The summed E-state index contributed by atoms with van der Waals surface area (Å²) < 4.78 is 13.1. The van der Waals surface area contributed by atoms with Crippen LogP contribution in [0.15, 0.2) is 11.6 Å². The van der Waals surface area contributed by atoms with E-state index in [0.717, 1.165) is 58.0 Å². The van der Waals surface area contributed by atoms with Crippen molar-refractivity contribution in [3.05, 3.63) is 11.6 Å². The fraction of sp³-hybridized carbons (Fsp3) is 0.926. The second-order valence-electron chi connectivity index (χ2n) is 12.8. The molecule has 11 atom stereocenters. The first-order chi connectivity index (χ1) is 14.6. The van der Waals surface area contributed by atoms with Gasteiger partial charge < -0.3 is 19.7 Å². The minimum Gasteiger partial charge on any atom is -0.393 e. The zero-order valence-corrected chi connectivity index (χ0v) is 19.9. The number of hydrogen-bond acceptors (Lipinski definition) is 4. The van der Waals surface area contributed by atoms with Crippen LogP contribution in [0.5, 0.6) is 0 Å². The Kier molecular flexibility index (Phi) is 4.49. The van der Waals surface area contributed by atoms with Crippen molar-refractivity contribution >= 4 is 0 Å². The lowest BCUT2D eigenvalue weighted by Gasteiger charge is -2.59. The normalized spacial score (nSPS) is 60.7. The van der Waals surface area contributed by atoms with Crippen molar-refractivity contribution in [1.82, 2.24) is 0 Å². The molecule has 0 aromatic heterocycles. The number of fused-ring (bicyclic) bond motifs is 7. The Labute approximate surface area is 187 Å². The van der Waals surface area contributed by atoms with Crippen molar-refractivity contribution in [1.29, 1.82) is 0 Å². The molecule has 0 aromatic rings. The van der Waals surface area contributed by atoms with Crippen LogP contribution >= 0.6 is 0 Å². The van der Waals surface area contributed by atoms with Crippen LogP contribution in [0, 0.1) is 40.4 Å². The first kappa shape index (κ1) is 21.1. The van der Waals surface area contributed by atoms with Crippen LogP contribution in [0.3, 0.4) is 0 Å². The summed E-state index contributed by atoms with van der Waals surface area (Å²) in [4.78, 5) is 0. The van der Waals surface area contributed by atoms with E-state index in [1.54, 1.807) is 0 Å². The first-order valence-corrected chi connectivity index (χ1v) is 13.1. The van der Waals surface area contributed by atoms with Crippen molar-refractivity contribution in [3.63, 3.8) is 0 Å². The van der Waals surface area contributed by atoms with Gasteiger partial charge in [0.25, 0.3) is 0 Å². The van der Waals surface area contributed by atoms with Gasteiger partial charge in [-0.1, -0.05) is 39.3 Å². The molecule has 0 aromatic carbocycles. The topological polar surface area (TPSA) is 58.9 Å². The van der Waals surface area contributed by atoms with Gasteiger partial charge in [0.1, 0.15) is 5.60 Å². The molecule has 2 heterocycles. The first-order valence-electron chi connectivity index (χ1n) is 13.1. The largest absolute Gasteiger partial charge is 0.393 e. The van der Waals surface area contributed by atoms with Gasteiger partial charge in [0, 0.05) is 17.8 Å². The van der Waals surface area contributed by atoms with Crippen LogP contribution in [-0.2, 0) is 9.47 Å². The van der Waals surface area contributed by atoms with E-state index in [-0.39, 0.29) is 29.0 Å². The summed E-state index contributed by atoms with van der Waals surface area (Å²) >= 11 is 0.